The molecule has 0 aliphatic heterocycles. The second kappa shape index (κ2) is 4.58. The fourth-order valence-electron chi connectivity index (χ4n) is 1.86. The molecule has 14 heavy (non-hydrogen) atoms. The van der Waals surface area contributed by atoms with E-state index in [1.165, 1.54) is 22.3 Å². The molecule has 3 N–H and O–H groups in total. The summed E-state index contributed by atoms with van der Waals surface area (Å²) in [5, 5.41) is 8.91. The van der Waals surface area contributed by atoms with Crippen molar-refractivity contribution in [2.75, 3.05) is 6.61 Å². The SMILES string of the molecule is Cc1cc(C)c(CC(N)CO)c(C)c1. The summed E-state index contributed by atoms with van der Waals surface area (Å²) in [4.78, 5) is 0. The van der Waals surface area contributed by atoms with Crippen molar-refractivity contribution in [1.29, 1.82) is 0 Å². The average molecular weight is 193 g/mol. The molecule has 0 saturated heterocycles. The van der Waals surface area contributed by atoms with Crippen molar-refractivity contribution in [2.45, 2.75) is 33.2 Å². The zero-order valence-electron chi connectivity index (χ0n) is 9.17. The van der Waals surface area contributed by atoms with Crippen LogP contribution in [0.5, 0.6) is 0 Å². The average Bonchev–Trinajstić information content (AvgIpc) is 2.10. The number of nitrogens with two attached hydrogens (primary N) is 1. The van der Waals surface area contributed by atoms with Crippen LogP contribution in [0.4, 0.5) is 0 Å². The lowest BCUT2D eigenvalue weighted by atomic mass is 9.95. The molecule has 0 fully saturated rings. The molecule has 1 aromatic rings. The standard InChI is InChI=1S/C12H19NO/c1-8-4-9(2)12(10(3)5-8)6-11(13)7-14/h4-5,11,14H,6-7,13H2,1-3H3. The Bertz CT molecular complexity index is 297. The highest BCUT2D eigenvalue weighted by Gasteiger charge is 2.08. The third-order valence-corrected chi connectivity index (χ3v) is 2.54. The molecule has 0 spiro atoms. The van der Waals surface area contributed by atoms with Crippen LogP contribution in [-0.2, 0) is 6.42 Å². The van der Waals surface area contributed by atoms with Crippen LogP contribution in [0.3, 0.4) is 0 Å². The summed E-state index contributed by atoms with van der Waals surface area (Å²) in [6.45, 7) is 6.33. The number of aliphatic hydroxyl groups excluding tert-OH is 1. The van der Waals surface area contributed by atoms with Crippen molar-refractivity contribution in [2.24, 2.45) is 5.73 Å². The van der Waals surface area contributed by atoms with Crippen LogP contribution in [0.1, 0.15) is 22.3 Å². The summed E-state index contributed by atoms with van der Waals surface area (Å²) >= 11 is 0. The molecule has 1 rings (SSSR count). The van der Waals surface area contributed by atoms with Crippen molar-refractivity contribution >= 4 is 0 Å². The molecule has 0 aliphatic rings. The van der Waals surface area contributed by atoms with Gasteiger partial charge in [-0.05, 0) is 43.9 Å². The van der Waals surface area contributed by atoms with Gasteiger partial charge in [0, 0.05) is 6.04 Å². The minimum absolute atomic E-state index is 0.0484. The number of hydrogen-bond donors (Lipinski definition) is 2. The van der Waals surface area contributed by atoms with Crippen LogP contribution in [0.2, 0.25) is 0 Å². The minimum Gasteiger partial charge on any atom is -0.395 e. The predicted octanol–water partition coefficient (Wildman–Crippen LogP) is 1.47. The summed E-state index contributed by atoms with van der Waals surface area (Å²) < 4.78 is 0. The molecule has 0 aliphatic carbocycles. The molecular weight excluding hydrogens is 174 g/mol. The van der Waals surface area contributed by atoms with Gasteiger partial charge in [0.15, 0.2) is 0 Å². The summed E-state index contributed by atoms with van der Waals surface area (Å²) in [7, 11) is 0. The molecule has 0 saturated carbocycles. The molecule has 0 aromatic heterocycles. The van der Waals surface area contributed by atoms with Gasteiger partial charge < -0.3 is 10.8 Å². The Morgan fingerprint density at radius 3 is 2.14 bits per heavy atom. The lowest BCUT2D eigenvalue weighted by molar-refractivity contribution is 0.265. The normalized spacial score (nSPS) is 12.9. The van der Waals surface area contributed by atoms with Gasteiger partial charge in [0.1, 0.15) is 0 Å². The van der Waals surface area contributed by atoms with Gasteiger partial charge in [-0.2, -0.15) is 0 Å². The molecule has 2 nitrogen and oxygen atoms in total. The third-order valence-electron chi connectivity index (χ3n) is 2.54. The van der Waals surface area contributed by atoms with E-state index in [4.69, 9.17) is 10.8 Å². The monoisotopic (exact) mass is 193 g/mol. The first-order chi connectivity index (χ1) is 6.54. The highest BCUT2D eigenvalue weighted by atomic mass is 16.3. The van der Waals surface area contributed by atoms with Crippen LogP contribution in [0.25, 0.3) is 0 Å². The van der Waals surface area contributed by atoms with Crippen LogP contribution >= 0.6 is 0 Å². The summed E-state index contributed by atoms with van der Waals surface area (Å²) in [6, 6.07) is 4.17. The van der Waals surface area contributed by atoms with Crippen LogP contribution in [0, 0.1) is 20.8 Å². The van der Waals surface area contributed by atoms with E-state index in [1.807, 2.05) is 0 Å². The number of benzene rings is 1. The molecule has 0 bridgehead atoms. The van der Waals surface area contributed by atoms with E-state index in [2.05, 4.69) is 32.9 Å². The zero-order valence-corrected chi connectivity index (χ0v) is 9.17. The van der Waals surface area contributed by atoms with Gasteiger partial charge in [-0.25, -0.2) is 0 Å². The third kappa shape index (κ3) is 2.56. The van der Waals surface area contributed by atoms with Gasteiger partial charge in [0.25, 0.3) is 0 Å². The van der Waals surface area contributed by atoms with E-state index in [-0.39, 0.29) is 12.6 Å². The lowest BCUT2D eigenvalue weighted by Gasteiger charge is -2.14. The molecule has 1 unspecified atom stereocenters. The molecular formula is C12H19NO. The van der Waals surface area contributed by atoms with Gasteiger partial charge in [0.2, 0.25) is 0 Å². The molecule has 1 aromatic carbocycles. The molecule has 78 valence electrons. The molecule has 2 heteroatoms. The molecule has 0 heterocycles. The van der Waals surface area contributed by atoms with E-state index in [0.29, 0.717) is 0 Å². The topological polar surface area (TPSA) is 46.2 Å². The first kappa shape index (κ1) is 11.2. The Labute approximate surface area is 85.8 Å². The minimum atomic E-state index is -0.143. The van der Waals surface area contributed by atoms with Gasteiger partial charge in [0.05, 0.1) is 6.61 Å². The van der Waals surface area contributed by atoms with Crippen molar-refractivity contribution in [3.63, 3.8) is 0 Å². The van der Waals surface area contributed by atoms with Crippen LogP contribution in [0.15, 0.2) is 12.1 Å². The van der Waals surface area contributed by atoms with E-state index < -0.39 is 0 Å². The number of hydrogen-bond acceptors (Lipinski definition) is 2. The Morgan fingerprint density at radius 1 is 1.21 bits per heavy atom. The van der Waals surface area contributed by atoms with Gasteiger partial charge in [-0.3, -0.25) is 0 Å². The fourth-order valence-corrected chi connectivity index (χ4v) is 1.86. The van der Waals surface area contributed by atoms with Crippen LogP contribution in [-0.4, -0.2) is 17.8 Å². The van der Waals surface area contributed by atoms with Gasteiger partial charge >= 0.3 is 0 Å². The summed E-state index contributed by atoms with van der Waals surface area (Å²) in [5.41, 5.74) is 10.8. The summed E-state index contributed by atoms with van der Waals surface area (Å²) in [5.74, 6) is 0. The van der Waals surface area contributed by atoms with Crippen molar-refractivity contribution < 1.29 is 5.11 Å². The molecule has 1 atom stereocenters. The second-order valence-corrected chi connectivity index (χ2v) is 4.02. The van der Waals surface area contributed by atoms with Gasteiger partial charge in [-0.1, -0.05) is 17.7 Å². The Morgan fingerprint density at radius 2 is 1.71 bits per heavy atom. The quantitative estimate of drug-likeness (QED) is 0.763. The van der Waals surface area contributed by atoms with Gasteiger partial charge in [-0.15, -0.1) is 0 Å². The van der Waals surface area contributed by atoms with Crippen molar-refractivity contribution in [1.82, 2.24) is 0 Å². The zero-order chi connectivity index (χ0) is 10.7. The first-order valence-corrected chi connectivity index (χ1v) is 4.97. The molecule has 0 radical (unpaired) electrons. The summed E-state index contributed by atoms with van der Waals surface area (Å²) in [6.07, 6.45) is 0.758. The lowest BCUT2D eigenvalue weighted by Crippen LogP contribution is -2.27. The first-order valence-electron chi connectivity index (χ1n) is 4.97. The highest BCUT2D eigenvalue weighted by Crippen LogP contribution is 2.17. The van der Waals surface area contributed by atoms with Crippen LogP contribution < -0.4 is 5.73 Å². The Hall–Kier alpha value is -0.860. The van der Waals surface area contributed by atoms with Crippen molar-refractivity contribution in [3.8, 4) is 0 Å². The Kier molecular flexibility index (Phi) is 3.67. The maximum Gasteiger partial charge on any atom is 0.0585 e. The fraction of sp³-hybridized carbons (Fsp3) is 0.500. The number of aliphatic hydroxyl groups is 1. The maximum absolute atomic E-state index is 8.91. The number of rotatable bonds is 3. The van der Waals surface area contributed by atoms with E-state index >= 15 is 0 Å². The van der Waals surface area contributed by atoms with E-state index in [0.717, 1.165) is 6.42 Å². The molecule has 0 amide bonds. The largest absolute Gasteiger partial charge is 0.395 e. The highest BCUT2D eigenvalue weighted by molar-refractivity contribution is 5.37. The van der Waals surface area contributed by atoms with E-state index in [9.17, 15) is 0 Å². The van der Waals surface area contributed by atoms with E-state index in [1.54, 1.807) is 0 Å². The maximum atomic E-state index is 8.91. The smallest absolute Gasteiger partial charge is 0.0585 e. The second-order valence-electron chi connectivity index (χ2n) is 4.02. The number of aryl methyl sites for hydroxylation is 3. The predicted molar refractivity (Wildman–Crippen MR) is 59.4 cm³/mol. The van der Waals surface area contributed by atoms with Crippen molar-refractivity contribution in [3.05, 3.63) is 34.4 Å². The Balaban J connectivity index is 2.96.